The minimum atomic E-state index is -0.152. The number of hydrogen-bond acceptors (Lipinski definition) is 3. The molecule has 1 atom stereocenters. The molecule has 0 aliphatic carbocycles. The average molecular weight is 243 g/mol. The van der Waals surface area contributed by atoms with E-state index in [0.717, 1.165) is 11.3 Å². The zero-order valence-electron chi connectivity index (χ0n) is 9.92. The molecule has 1 unspecified atom stereocenters. The van der Waals surface area contributed by atoms with Gasteiger partial charge < -0.3 is 10.1 Å². The molecule has 0 saturated carbocycles. The molecule has 1 rings (SSSR count). The van der Waals surface area contributed by atoms with E-state index < -0.39 is 0 Å². The Morgan fingerprint density at radius 2 is 2.25 bits per heavy atom. The Balaban J connectivity index is 2.67. The highest BCUT2D eigenvalue weighted by Crippen LogP contribution is 2.24. The number of benzene rings is 1. The molecular weight excluding hydrogens is 225 g/mol. The number of rotatable bonds is 6. The van der Waals surface area contributed by atoms with Gasteiger partial charge in [-0.1, -0.05) is 6.07 Å². The number of ether oxygens (including phenoxy) is 1. The van der Waals surface area contributed by atoms with E-state index in [4.69, 9.17) is 4.74 Å². The summed E-state index contributed by atoms with van der Waals surface area (Å²) in [6.45, 7) is 2.64. The Morgan fingerprint density at radius 3 is 2.81 bits per heavy atom. The average Bonchev–Trinajstić information content (AvgIpc) is 2.30. The lowest BCUT2D eigenvalue weighted by Gasteiger charge is -2.11. The van der Waals surface area contributed by atoms with Crippen molar-refractivity contribution < 1.29 is 9.13 Å². The number of halogens is 1. The van der Waals surface area contributed by atoms with Crippen molar-refractivity contribution in [3.05, 3.63) is 29.6 Å². The molecule has 90 valence electrons. The van der Waals surface area contributed by atoms with E-state index in [-0.39, 0.29) is 11.9 Å². The Kier molecular flexibility index (Phi) is 5.80. The molecule has 16 heavy (non-hydrogen) atoms. The molecule has 0 radical (unpaired) electrons. The van der Waals surface area contributed by atoms with Crippen LogP contribution in [0.1, 0.15) is 18.5 Å². The lowest BCUT2D eigenvalue weighted by atomic mass is 10.1. The van der Waals surface area contributed by atoms with Crippen LogP contribution >= 0.6 is 11.8 Å². The number of hydrogen-bond donors (Lipinski definition) is 1. The van der Waals surface area contributed by atoms with E-state index in [1.807, 2.05) is 26.1 Å². The zero-order chi connectivity index (χ0) is 12.0. The topological polar surface area (TPSA) is 21.3 Å². The summed E-state index contributed by atoms with van der Waals surface area (Å²) in [4.78, 5) is 0.684. The van der Waals surface area contributed by atoms with Gasteiger partial charge in [0.2, 0.25) is 0 Å². The van der Waals surface area contributed by atoms with Crippen LogP contribution in [0.3, 0.4) is 0 Å². The molecule has 1 aromatic carbocycles. The summed E-state index contributed by atoms with van der Waals surface area (Å²) in [6, 6.07) is 5.56. The summed E-state index contributed by atoms with van der Waals surface area (Å²) >= 11 is 1.48. The SMILES string of the molecule is CNC(C)c1ccc(SCCOC)c(F)c1. The van der Waals surface area contributed by atoms with Crippen LogP contribution in [0.4, 0.5) is 4.39 Å². The lowest BCUT2D eigenvalue weighted by molar-refractivity contribution is 0.218. The van der Waals surface area contributed by atoms with Gasteiger partial charge in [-0.15, -0.1) is 11.8 Å². The van der Waals surface area contributed by atoms with E-state index in [0.29, 0.717) is 11.5 Å². The number of nitrogens with one attached hydrogen (secondary N) is 1. The second-order valence-corrected chi connectivity index (χ2v) is 4.68. The fraction of sp³-hybridized carbons (Fsp3) is 0.500. The second-order valence-electron chi connectivity index (χ2n) is 3.54. The predicted molar refractivity (Wildman–Crippen MR) is 66.5 cm³/mol. The number of methoxy groups -OCH3 is 1. The van der Waals surface area contributed by atoms with Crippen LogP contribution in [0.25, 0.3) is 0 Å². The third-order valence-electron chi connectivity index (χ3n) is 2.43. The van der Waals surface area contributed by atoms with E-state index in [9.17, 15) is 4.39 Å². The summed E-state index contributed by atoms with van der Waals surface area (Å²) in [6.07, 6.45) is 0. The second kappa shape index (κ2) is 6.89. The van der Waals surface area contributed by atoms with Crippen LogP contribution in [-0.4, -0.2) is 26.5 Å². The maximum Gasteiger partial charge on any atom is 0.137 e. The lowest BCUT2D eigenvalue weighted by Crippen LogP contribution is -2.12. The first-order valence-electron chi connectivity index (χ1n) is 5.27. The van der Waals surface area contributed by atoms with Crippen LogP contribution in [0.15, 0.2) is 23.1 Å². The molecule has 0 aromatic heterocycles. The van der Waals surface area contributed by atoms with Gasteiger partial charge in [-0.2, -0.15) is 0 Å². The monoisotopic (exact) mass is 243 g/mol. The van der Waals surface area contributed by atoms with Crippen LogP contribution in [0, 0.1) is 5.82 Å². The fourth-order valence-corrected chi connectivity index (χ4v) is 2.14. The Bertz CT molecular complexity index is 333. The van der Waals surface area contributed by atoms with Crippen molar-refractivity contribution in [2.75, 3.05) is 26.5 Å². The van der Waals surface area contributed by atoms with Crippen molar-refractivity contribution >= 4 is 11.8 Å². The molecule has 0 fully saturated rings. The first-order valence-corrected chi connectivity index (χ1v) is 6.26. The van der Waals surface area contributed by atoms with Gasteiger partial charge in [-0.25, -0.2) is 4.39 Å². The summed E-state index contributed by atoms with van der Waals surface area (Å²) < 4.78 is 18.6. The van der Waals surface area contributed by atoms with Crippen molar-refractivity contribution in [2.24, 2.45) is 0 Å². The summed E-state index contributed by atoms with van der Waals surface area (Å²) in [5.74, 6) is 0.620. The molecule has 1 N–H and O–H groups in total. The molecule has 4 heteroatoms. The Hall–Kier alpha value is -0.580. The van der Waals surface area contributed by atoms with Crippen LogP contribution in [-0.2, 0) is 4.74 Å². The zero-order valence-corrected chi connectivity index (χ0v) is 10.7. The molecule has 0 aliphatic heterocycles. The normalized spacial score (nSPS) is 12.8. The van der Waals surface area contributed by atoms with Crippen molar-refractivity contribution in [3.63, 3.8) is 0 Å². The van der Waals surface area contributed by atoms with Crippen molar-refractivity contribution in [1.82, 2.24) is 5.32 Å². The molecule has 0 spiro atoms. The van der Waals surface area contributed by atoms with Gasteiger partial charge in [-0.3, -0.25) is 0 Å². The van der Waals surface area contributed by atoms with Crippen LogP contribution in [0.2, 0.25) is 0 Å². The Labute approximate surface area is 101 Å². The van der Waals surface area contributed by atoms with Gasteiger partial charge in [0, 0.05) is 23.8 Å². The van der Waals surface area contributed by atoms with Crippen LogP contribution in [0.5, 0.6) is 0 Å². The van der Waals surface area contributed by atoms with Gasteiger partial charge in [0.05, 0.1) is 6.61 Å². The van der Waals surface area contributed by atoms with Crippen molar-refractivity contribution in [2.45, 2.75) is 17.9 Å². The molecule has 0 heterocycles. The van der Waals surface area contributed by atoms with Gasteiger partial charge in [0.1, 0.15) is 5.82 Å². The molecule has 2 nitrogen and oxygen atoms in total. The molecule has 0 saturated heterocycles. The van der Waals surface area contributed by atoms with Crippen molar-refractivity contribution in [3.8, 4) is 0 Å². The third-order valence-corrected chi connectivity index (χ3v) is 3.45. The predicted octanol–water partition coefficient (Wildman–Crippen LogP) is 2.84. The van der Waals surface area contributed by atoms with Gasteiger partial charge in [0.25, 0.3) is 0 Å². The number of thioether (sulfide) groups is 1. The van der Waals surface area contributed by atoms with Crippen molar-refractivity contribution in [1.29, 1.82) is 0 Å². The molecule has 0 bridgehead atoms. The highest BCUT2D eigenvalue weighted by atomic mass is 32.2. The smallest absolute Gasteiger partial charge is 0.137 e. The minimum Gasteiger partial charge on any atom is -0.384 e. The Morgan fingerprint density at radius 1 is 1.50 bits per heavy atom. The quantitative estimate of drug-likeness (QED) is 0.613. The van der Waals surface area contributed by atoms with E-state index in [1.165, 1.54) is 11.8 Å². The van der Waals surface area contributed by atoms with Gasteiger partial charge in [0.15, 0.2) is 0 Å². The summed E-state index contributed by atoms with van der Waals surface area (Å²) in [5, 5.41) is 3.09. The molecule has 1 aromatic rings. The highest BCUT2D eigenvalue weighted by Gasteiger charge is 2.07. The summed E-state index contributed by atoms with van der Waals surface area (Å²) in [5.41, 5.74) is 0.969. The van der Waals surface area contributed by atoms with Gasteiger partial charge in [-0.05, 0) is 31.7 Å². The molecular formula is C12H18FNOS. The maximum absolute atomic E-state index is 13.7. The van der Waals surface area contributed by atoms with Crippen LogP contribution < -0.4 is 5.32 Å². The first kappa shape index (κ1) is 13.5. The molecule has 0 aliphatic rings. The van der Waals surface area contributed by atoms with Gasteiger partial charge >= 0.3 is 0 Å². The standard InChI is InChI=1S/C12H18FNOS/c1-9(14-2)10-4-5-12(11(13)8-10)16-7-6-15-3/h4-5,8-9,14H,6-7H2,1-3H3. The first-order chi connectivity index (χ1) is 7.69. The minimum absolute atomic E-state index is 0.152. The summed E-state index contributed by atoms with van der Waals surface area (Å²) in [7, 11) is 3.51. The van der Waals surface area contributed by atoms with E-state index >= 15 is 0 Å². The molecule has 0 amide bonds. The van der Waals surface area contributed by atoms with E-state index in [2.05, 4.69) is 5.32 Å². The third kappa shape index (κ3) is 3.77. The fourth-order valence-electron chi connectivity index (χ4n) is 1.31. The largest absolute Gasteiger partial charge is 0.384 e. The van der Waals surface area contributed by atoms with E-state index in [1.54, 1.807) is 13.2 Å². The highest BCUT2D eigenvalue weighted by molar-refractivity contribution is 7.99. The maximum atomic E-state index is 13.7.